The zero-order valence-electron chi connectivity index (χ0n) is 17.4. The minimum Gasteiger partial charge on any atom is -0.497 e. The first kappa shape index (κ1) is 20.2. The van der Waals surface area contributed by atoms with E-state index in [0.29, 0.717) is 6.42 Å². The Labute approximate surface area is 178 Å². The van der Waals surface area contributed by atoms with Gasteiger partial charge in [-0.25, -0.2) is 0 Å². The van der Waals surface area contributed by atoms with Gasteiger partial charge < -0.3 is 9.64 Å². The molecule has 4 heteroatoms. The van der Waals surface area contributed by atoms with Crippen molar-refractivity contribution in [1.29, 1.82) is 0 Å². The third kappa shape index (κ3) is 4.71. The Bertz CT molecular complexity index is 934. The summed E-state index contributed by atoms with van der Waals surface area (Å²) >= 11 is 0. The molecule has 1 aliphatic heterocycles. The van der Waals surface area contributed by atoms with Gasteiger partial charge in [-0.1, -0.05) is 48.5 Å². The highest BCUT2D eigenvalue weighted by Gasteiger charge is 2.27. The largest absolute Gasteiger partial charge is 0.497 e. The zero-order chi connectivity index (χ0) is 20.8. The highest BCUT2D eigenvalue weighted by atomic mass is 16.5. The fraction of sp³-hybridized carbons (Fsp3) is 0.269. The van der Waals surface area contributed by atoms with E-state index in [4.69, 9.17) is 4.74 Å². The second-order valence-corrected chi connectivity index (χ2v) is 7.64. The molecule has 0 spiro atoms. The van der Waals surface area contributed by atoms with Gasteiger partial charge in [0.1, 0.15) is 5.75 Å². The summed E-state index contributed by atoms with van der Waals surface area (Å²) in [6, 6.07) is 28.5. The molecule has 1 saturated heterocycles. The molecular weight excluding hydrogens is 372 g/mol. The van der Waals surface area contributed by atoms with Crippen molar-refractivity contribution in [3.63, 3.8) is 0 Å². The Kier molecular flexibility index (Phi) is 6.45. The molecule has 0 saturated carbocycles. The molecule has 1 heterocycles. The van der Waals surface area contributed by atoms with Crippen molar-refractivity contribution < 1.29 is 9.53 Å². The van der Waals surface area contributed by atoms with Gasteiger partial charge in [-0.2, -0.15) is 0 Å². The molecule has 0 N–H and O–H groups in total. The zero-order valence-corrected chi connectivity index (χ0v) is 17.4. The van der Waals surface area contributed by atoms with E-state index in [1.54, 1.807) is 7.11 Å². The fourth-order valence-corrected chi connectivity index (χ4v) is 4.13. The Morgan fingerprint density at radius 3 is 2.03 bits per heavy atom. The molecule has 1 fully saturated rings. The van der Waals surface area contributed by atoms with Gasteiger partial charge in [-0.3, -0.25) is 9.69 Å². The van der Waals surface area contributed by atoms with Crippen LogP contribution in [0.4, 0.5) is 5.69 Å². The van der Waals surface area contributed by atoms with Gasteiger partial charge in [0.05, 0.1) is 7.11 Å². The SMILES string of the molecule is COc1ccc(C(=O)C[C@@H](c2ccccc2)N2CCN(c3ccccc3)CC2)cc1. The minimum absolute atomic E-state index is 0.0822. The normalized spacial score (nSPS) is 15.6. The minimum atomic E-state index is 0.0822. The van der Waals surface area contributed by atoms with Crippen LogP contribution in [0.2, 0.25) is 0 Å². The Hall–Kier alpha value is -3.11. The van der Waals surface area contributed by atoms with Crippen LogP contribution in [0.5, 0.6) is 5.75 Å². The van der Waals surface area contributed by atoms with Gasteiger partial charge >= 0.3 is 0 Å². The number of methoxy groups -OCH3 is 1. The number of anilines is 1. The summed E-state index contributed by atoms with van der Waals surface area (Å²) < 4.78 is 5.22. The van der Waals surface area contributed by atoms with Crippen molar-refractivity contribution in [2.24, 2.45) is 0 Å². The van der Waals surface area contributed by atoms with E-state index >= 15 is 0 Å². The van der Waals surface area contributed by atoms with Crippen molar-refractivity contribution in [3.05, 3.63) is 96.1 Å². The summed E-state index contributed by atoms with van der Waals surface area (Å²) in [5, 5.41) is 0. The van der Waals surface area contributed by atoms with Crippen LogP contribution >= 0.6 is 0 Å². The molecule has 0 aromatic heterocycles. The summed E-state index contributed by atoms with van der Waals surface area (Å²) in [7, 11) is 1.64. The summed E-state index contributed by atoms with van der Waals surface area (Å²) in [4.78, 5) is 18.0. The molecule has 3 aromatic carbocycles. The smallest absolute Gasteiger partial charge is 0.164 e. The Balaban J connectivity index is 1.49. The maximum Gasteiger partial charge on any atom is 0.164 e. The van der Waals surface area contributed by atoms with E-state index in [9.17, 15) is 4.79 Å². The predicted octanol–water partition coefficient (Wildman–Crippen LogP) is 4.83. The monoisotopic (exact) mass is 400 g/mol. The number of carbonyl (C=O) groups is 1. The maximum absolute atomic E-state index is 13.1. The highest BCUT2D eigenvalue weighted by molar-refractivity contribution is 5.96. The van der Waals surface area contributed by atoms with E-state index in [1.807, 2.05) is 30.3 Å². The number of piperazine rings is 1. The number of hydrogen-bond donors (Lipinski definition) is 0. The molecular formula is C26H28N2O2. The van der Waals surface area contributed by atoms with Crippen LogP contribution in [0.1, 0.15) is 28.4 Å². The first-order chi connectivity index (χ1) is 14.7. The number of para-hydroxylation sites is 1. The molecule has 4 nitrogen and oxygen atoms in total. The van der Waals surface area contributed by atoms with E-state index < -0.39 is 0 Å². The summed E-state index contributed by atoms with van der Waals surface area (Å²) in [6.07, 6.45) is 0.474. The van der Waals surface area contributed by atoms with Crippen molar-refractivity contribution in [2.45, 2.75) is 12.5 Å². The summed E-state index contributed by atoms with van der Waals surface area (Å²) in [5.41, 5.74) is 3.20. The van der Waals surface area contributed by atoms with Crippen LogP contribution in [0.25, 0.3) is 0 Å². The molecule has 0 bridgehead atoms. The van der Waals surface area contributed by atoms with Gasteiger partial charge in [0.2, 0.25) is 0 Å². The van der Waals surface area contributed by atoms with Gasteiger partial charge in [0.25, 0.3) is 0 Å². The second-order valence-electron chi connectivity index (χ2n) is 7.64. The lowest BCUT2D eigenvalue weighted by Gasteiger charge is -2.40. The molecule has 0 amide bonds. The lowest BCUT2D eigenvalue weighted by Crippen LogP contribution is -2.48. The molecule has 30 heavy (non-hydrogen) atoms. The van der Waals surface area contributed by atoms with E-state index in [-0.39, 0.29) is 11.8 Å². The number of Topliss-reactive ketones (excluding diaryl/α,β-unsaturated/α-hetero) is 1. The lowest BCUT2D eigenvalue weighted by molar-refractivity contribution is 0.0910. The Morgan fingerprint density at radius 1 is 0.833 bits per heavy atom. The molecule has 154 valence electrons. The number of carbonyl (C=O) groups excluding carboxylic acids is 1. The third-order valence-electron chi connectivity index (χ3n) is 5.85. The van der Waals surface area contributed by atoms with Gasteiger partial charge in [0.15, 0.2) is 5.78 Å². The molecule has 0 unspecified atom stereocenters. The molecule has 3 aromatic rings. The standard InChI is InChI=1S/C26H28N2O2/c1-30-24-14-12-22(13-15-24)26(29)20-25(21-8-4-2-5-9-21)28-18-16-27(17-19-28)23-10-6-3-7-11-23/h2-15,25H,16-20H2,1H3/t25-/m0/s1. The number of nitrogens with zero attached hydrogens (tertiary/aromatic N) is 2. The predicted molar refractivity (Wildman–Crippen MR) is 121 cm³/mol. The first-order valence-electron chi connectivity index (χ1n) is 10.5. The van der Waals surface area contributed by atoms with Crippen LogP contribution in [0.15, 0.2) is 84.9 Å². The molecule has 0 aliphatic carbocycles. The first-order valence-corrected chi connectivity index (χ1v) is 10.5. The summed E-state index contributed by atoms with van der Waals surface area (Å²) in [5.74, 6) is 0.931. The molecule has 0 radical (unpaired) electrons. The van der Waals surface area contributed by atoms with Crippen molar-refractivity contribution in [1.82, 2.24) is 4.90 Å². The molecule has 4 rings (SSSR count). The maximum atomic E-state index is 13.1. The van der Waals surface area contributed by atoms with Gasteiger partial charge in [-0.15, -0.1) is 0 Å². The average Bonchev–Trinajstić information content (AvgIpc) is 2.84. The highest BCUT2D eigenvalue weighted by Crippen LogP contribution is 2.28. The number of ether oxygens (including phenoxy) is 1. The van der Waals surface area contributed by atoms with Crippen molar-refractivity contribution in [3.8, 4) is 5.75 Å². The quantitative estimate of drug-likeness (QED) is 0.532. The van der Waals surface area contributed by atoms with E-state index in [1.165, 1.54) is 11.3 Å². The van der Waals surface area contributed by atoms with Gasteiger partial charge in [0, 0.05) is 49.9 Å². The number of benzene rings is 3. The number of rotatable bonds is 7. The lowest BCUT2D eigenvalue weighted by atomic mass is 9.96. The summed E-state index contributed by atoms with van der Waals surface area (Å²) in [6.45, 7) is 3.79. The van der Waals surface area contributed by atoms with Crippen LogP contribution in [-0.4, -0.2) is 44.0 Å². The molecule has 1 atom stereocenters. The number of hydrogen-bond acceptors (Lipinski definition) is 4. The number of ketones is 1. The van der Waals surface area contributed by atoms with Crippen LogP contribution < -0.4 is 9.64 Å². The topological polar surface area (TPSA) is 32.8 Å². The van der Waals surface area contributed by atoms with Crippen molar-refractivity contribution >= 4 is 11.5 Å². The average molecular weight is 401 g/mol. The molecule has 1 aliphatic rings. The van der Waals surface area contributed by atoms with Crippen LogP contribution in [0.3, 0.4) is 0 Å². The van der Waals surface area contributed by atoms with E-state index in [0.717, 1.165) is 37.5 Å². The van der Waals surface area contributed by atoms with Crippen molar-refractivity contribution in [2.75, 3.05) is 38.2 Å². The fourth-order valence-electron chi connectivity index (χ4n) is 4.13. The van der Waals surface area contributed by atoms with Crippen LogP contribution in [0, 0.1) is 0 Å². The second kappa shape index (κ2) is 9.59. The van der Waals surface area contributed by atoms with Gasteiger partial charge in [-0.05, 0) is 42.0 Å². The van der Waals surface area contributed by atoms with Crippen LogP contribution in [-0.2, 0) is 0 Å². The Morgan fingerprint density at radius 2 is 1.43 bits per heavy atom. The third-order valence-corrected chi connectivity index (χ3v) is 5.85. The van der Waals surface area contributed by atoms with E-state index in [2.05, 4.69) is 64.4 Å².